The molecular formula is C15H20N2O3. The van der Waals surface area contributed by atoms with Gasteiger partial charge in [0, 0.05) is 6.04 Å². The molecule has 1 aromatic carbocycles. The molecule has 3 atom stereocenters. The molecule has 3 rings (SSSR count). The van der Waals surface area contributed by atoms with Crippen molar-refractivity contribution >= 4 is 5.91 Å². The van der Waals surface area contributed by atoms with Crippen molar-refractivity contribution in [3.05, 3.63) is 24.3 Å². The first kappa shape index (κ1) is 13.2. The summed E-state index contributed by atoms with van der Waals surface area (Å²) in [7, 11) is 0. The maximum Gasteiger partial charge on any atom is 0.224 e. The van der Waals surface area contributed by atoms with Crippen molar-refractivity contribution in [2.45, 2.75) is 25.5 Å². The van der Waals surface area contributed by atoms with Crippen LogP contribution < -0.4 is 20.1 Å². The molecule has 0 radical (unpaired) electrons. The van der Waals surface area contributed by atoms with Crippen molar-refractivity contribution in [2.75, 3.05) is 19.7 Å². The lowest BCUT2D eigenvalue weighted by molar-refractivity contribution is -0.125. The van der Waals surface area contributed by atoms with Crippen LogP contribution in [0.3, 0.4) is 0 Å². The molecule has 0 spiro atoms. The fourth-order valence-electron chi connectivity index (χ4n) is 2.73. The lowest BCUT2D eigenvalue weighted by Gasteiger charge is -2.27. The number of hydrogen-bond donors (Lipinski definition) is 2. The Morgan fingerprint density at radius 1 is 1.40 bits per heavy atom. The fourth-order valence-corrected chi connectivity index (χ4v) is 2.73. The molecular weight excluding hydrogens is 256 g/mol. The third-order valence-electron chi connectivity index (χ3n) is 3.93. The average Bonchev–Trinajstić information content (AvgIpc) is 2.91. The minimum absolute atomic E-state index is 0.0618. The van der Waals surface area contributed by atoms with Gasteiger partial charge in [-0.05, 0) is 32.0 Å². The Hall–Kier alpha value is -1.75. The predicted molar refractivity (Wildman–Crippen MR) is 74.9 cm³/mol. The van der Waals surface area contributed by atoms with Gasteiger partial charge in [0.15, 0.2) is 11.5 Å². The van der Waals surface area contributed by atoms with E-state index in [9.17, 15) is 4.79 Å². The highest BCUT2D eigenvalue weighted by Crippen LogP contribution is 2.30. The van der Waals surface area contributed by atoms with Crippen LogP contribution in [-0.2, 0) is 4.79 Å². The van der Waals surface area contributed by atoms with Crippen LogP contribution in [0.4, 0.5) is 0 Å². The van der Waals surface area contributed by atoms with Crippen LogP contribution in [0.1, 0.15) is 13.3 Å². The standard InChI is InChI=1S/C15H20N2O3/c1-10-12(6-7-16-10)15(18)17-8-11-9-19-13-4-2-3-5-14(13)20-11/h2-5,10-12,16H,6-9H2,1H3,(H,17,18). The molecule has 1 aromatic rings. The molecule has 0 saturated carbocycles. The van der Waals surface area contributed by atoms with Crippen molar-refractivity contribution in [3.63, 3.8) is 0 Å². The molecule has 0 aliphatic carbocycles. The number of rotatable bonds is 3. The first-order valence-corrected chi connectivity index (χ1v) is 7.13. The van der Waals surface area contributed by atoms with E-state index in [-0.39, 0.29) is 24.0 Å². The third-order valence-corrected chi connectivity index (χ3v) is 3.93. The minimum Gasteiger partial charge on any atom is -0.486 e. The zero-order chi connectivity index (χ0) is 13.9. The highest BCUT2D eigenvalue weighted by atomic mass is 16.6. The number of hydrogen-bond acceptors (Lipinski definition) is 4. The number of ether oxygens (including phenoxy) is 2. The summed E-state index contributed by atoms with van der Waals surface area (Å²) >= 11 is 0. The van der Waals surface area contributed by atoms with Crippen molar-refractivity contribution < 1.29 is 14.3 Å². The Morgan fingerprint density at radius 3 is 2.95 bits per heavy atom. The van der Waals surface area contributed by atoms with E-state index < -0.39 is 0 Å². The Kier molecular flexibility index (Phi) is 3.78. The average molecular weight is 276 g/mol. The maximum absolute atomic E-state index is 12.1. The molecule has 5 heteroatoms. The molecule has 20 heavy (non-hydrogen) atoms. The molecule has 108 valence electrons. The molecule has 5 nitrogen and oxygen atoms in total. The largest absolute Gasteiger partial charge is 0.486 e. The number of para-hydroxylation sites is 2. The Labute approximate surface area is 118 Å². The van der Waals surface area contributed by atoms with E-state index >= 15 is 0 Å². The molecule has 0 bridgehead atoms. The monoisotopic (exact) mass is 276 g/mol. The van der Waals surface area contributed by atoms with Gasteiger partial charge in [0.1, 0.15) is 12.7 Å². The summed E-state index contributed by atoms with van der Waals surface area (Å²) in [6.07, 6.45) is 0.774. The van der Waals surface area contributed by atoms with Gasteiger partial charge in [-0.3, -0.25) is 4.79 Å². The zero-order valence-electron chi connectivity index (χ0n) is 11.6. The predicted octanol–water partition coefficient (Wildman–Crippen LogP) is 0.941. The summed E-state index contributed by atoms with van der Waals surface area (Å²) in [5.74, 6) is 1.68. The maximum atomic E-state index is 12.1. The van der Waals surface area contributed by atoms with Gasteiger partial charge in [-0.15, -0.1) is 0 Å². The van der Waals surface area contributed by atoms with Crippen LogP contribution in [0.2, 0.25) is 0 Å². The number of nitrogens with one attached hydrogen (secondary N) is 2. The Balaban J connectivity index is 1.51. The van der Waals surface area contributed by atoms with E-state index in [0.29, 0.717) is 13.2 Å². The van der Waals surface area contributed by atoms with Gasteiger partial charge >= 0.3 is 0 Å². The highest BCUT2D eigenvalue weighted by Gasteiger charge is 2.30. The molecule has 0 aromatic heterocycles. The van der Waals surface area contributed by atoms with Crippen LogP contribution in [0.5, 0.6) is 11.5 Å². The molecule has 1 amide bonds. The summed E-state index contributed by atoms with van der Waals surface area (Å²) < 4.78 is 11.4. The topological polar surface area (TPSA) is 59.6 Å². The summed E-state index contributed by atoms with van der Waals surface area (Å²) in [6, 6.07) is 7.84. The second-order valence-corrected chi connectivity index (χ2v) is 5.38. The van der Waals surface area contributed by atoms with Crippen LogP contribution in [0.25, 0.3) is 0 Å². The van der Waals surface area contributed by atoms with E-state index in [0.717, 1.165) is 24.5 Å². The van der Waals surface area contributed by atoms with Crippen molar-refractivity contribution in [1.29, 1.82) is 0 Å². The second-order valence-electron chi connectivity index (χ2n) is 5.38. The third kappa shape index (κ3) is 2.72. The van der Waals surface area contributed by atoms with E-state index in [1.165, 1.54) is 0 Å². The molecule has 3 unspecified atom stereocenters. The van der Waals surface area contributed by atoms with Gasteiger partial charge in [0.2, 0.25) is 5.91 Å². The van der Waals surface area contributed by atoms with Gasteiger partial charge in [0.05, 0.1) is 12.5 Å². The summed E-state index contributed by atoms with van der Waals surface area (Å²) in [6.45, 7) is 3.91. The van der Waals surface area contributed by atoms with Gasteiger partial charge < -0.3 is 20.1 Å². The first-order chi connectivity index (χ1) is 9.74. The number of amides is 1. The molecule has 1 saturated heterocycles. The summed E-state index contributed by atoms with van der Waals surface area (Å²) in [5.41, 5.74) is 0. The van der Waals surface area contributed by atoms with Gasteiger partial charge in [0.25, 0.3) is 0 Å². The Morgan fingerprint density at radius 2 is 2.20 bits per heavy atom. The van der Waals surface area contributed by atoms with Crippen LogP contribution in [-0.4, -0.2) is 37.7 Å². The van der Waals surface area contributed by atoms with E-state index in [4.69, 9.17) is 9.47 Å². The number of carbonyl (C=O) groups is 1. The lowest BCUT2D eigenvalue weighted by atomic mass is 10.0. The van der Waals surface area contributed by atoms with E-state index in [1.807, 2.05) is 31.2 Å². The quantitative estimate of drug-likeness (QED) is 0.862. The van der Waals surface area contributed by atoms with E-state index in [1.54, 1.807) is 0 Å². The smallest absolute Gasteiger partial charge is 0.224 e. The van der Waals surface area contributed by atoms with Gasteiger partial charge in [-0.1, -0.05) is 12.1 Å². The fraction of sp³-hybridized carbons (Fsp3) is 0.533. The van der Waals surface area contributed by atoms with Crippen LogP contribution in [0, 0.1) is 5.92 Å². The highest BCUT2D eigenvalue weighted by molar-refractivity contribution is 5.79. The second kappa shape index (κ2) is 5.71. The number of fused-ring (bicyclic) bond motifs is 1. The normalized spacial score (nSPS) is 28.1. The van der Waals surface area contributed by atoms with E-state index in [2.05, 4.69) is 10.6 Å². The minimum atomic E-state index is -0.126. The van der Waals surface area contributed by atoms with Crippen molar-refractivity contribution in [2.24, 2.45) is 5.92 Å². The van der Waals surface area contributed by atoms with Crippen molar-refractivity contribution in [1.82, 2.24) is 10.6 Å². The molecule has 2 aliphatic heterocycles. The zero-order valence-corrected chi connectivity index (χ0v) is 11.6. The van der Waals surface area contributed by atoms with Crippen molar-refractivity contribution in [3.8, 4) is 11.5 Å². The Bertz CT molecular complexity index is 492. The van der Waals surface area contributed by atoms with Crippen LogP contribution in [0.15, 0.2) is 24.3 Å². The first-order valence-electron chi connectivity index (χ1n) is 7.13. The lowest BCUT2D eigenvalue weighted by Crippen LogP contribution is -2.44. The SMILES string of the molecule is CC1NCCC1C(=O)NCC1COc2ccccc2O1. The molecule has 2 aliphatic rings. The molecule has 1 fully saturated rings. The van der Waals surface area contributed by atoms with Gasteiger partial charge in [-0.2, -0.15) is 0 Å². The van der Waals surface area contributed by atoms with Gasteiger partial charge in [-0.25, -0.2) is 0 Å². The molecule has 2 heterocycles. The summed E-state index contributed by atoms with van der Waals surface area (Å²) in [4.78, 5) is 12.1. The number of carbonyl (C=O) groups excluding carboxylic acids is 1. The summed E-state index contributed by atoms with van der Waals surface area (Å²) in [5, 5.41) is 6.26. The van der Waals surface area contributed by atoms with Crippen LogP contribution >= 0.6 is 0 Å². The number of benzene rings is 1. The molecule has 2 N–H and O–H groups in total.